The zero-order chi connectivity index (χ0) is 16.0. The van der Waals surface area contributed by atoms with Crippen LogP contribution in [-0.4, -0.2) is 26.4 Å². The molecule has 0 aliphatic carbocycles. The Hall–Kier alpha value is -2.57. The maximum absolute atomic E-state index is 13.0. The summed E-state index contributed by atoms with van der Waals surface area (Å²) in [6, 6.07) is 13.8. The van der Waals surface area contributed by atoms with Crippen molar-refractivity contribution >= 4 is 11.5 Å². The fourth-order valence-electron chi connectivity index (χ4n) is 3.17. The molecule has 0 bridgehead atoms. The molecule has 2 unspecified atom stereocenters. The van der Waals surface area contributed by atoms with Crippen LogP contribution < -0.4 is 4.90 Å². The van der Waals surface area contributed by atoms with Gasteiger partial charge in [0.2, 0.25) is 5.82 Å². The number of anilines is 1. The fourth-order valence-corrected chi connectivity index (χ4v) is 3.17. The molecule has 23 heavy (non-hydrogen) atoms. The van der Waals surface area contributed by atoms with E-state index in [1.807, 2.05) is 18.2 Å². The van der Waals surface area contributed by atoms with Gasteiger partial charge in [-0.3, -0.25) is 0 Å². The van der Waals surface area contributed by atoms with Gasteiger partial charge in [-0.2, -0.15) is 4.52 Å². The lowest BCUT2D eigenvalue weighted by molar-refractivity contribution is 0.137. The molecule has 3 aromatic rings. The fraction of sp³-hybridized carbons (Fsp3) is 0.312. The summed E-state index contributed by atoms with van der Waals surface area (Å²) in [5.74, 6) is 0.711. The molecule has 4 rings (SSSR count). The number of hydrogen-bond donors (Lipinski definition) is 0. The van der Waals surface area contributed by atoms with E-state index in [9.17, 15) is 8.78 Å². The lowest BCUT2D eigenvalue weighted by Crippen LogP contribution is -2.49. The van der Waals surface area contributed by atoms with Gasteiger partial charge in [0.25, 0.3) is 6.43 Å². The van der Waals surface area contributed by atoms with Gasteiger partial charge in [0.05, 0.1) is 6.04 Å². The maximum Gasteiger partial charge on any atom is 0.299 e. The van der Waals surface area contributed by atoms with Crippen LogP contribution in [0.3, 0.4) is 0 Å². The molecule has 1 aliphatic rings. The van der Waals surface area contributed by atoms with Crippen LogP contribution in [0, 0.1) is 5.92 Å². The summed E-state index contributed by atoms with van der Waals surface area (Å²) in [5, 5.41) is 11.6. The Morgan fingerprint density at radius 1 is 1.09 bits per heavy atom. The number of fused-ring (bicyclic) bond motifs is 1. The average molecular weight is 315 g/mol. The molecular formula is C16H15F2N5. The van der Waals surface area contributed by atoms with Gasteiger partial charge < -0.3 is 4.90 Å². The zero-order valence-corrected chi connectivity index (χ0v) is 12.5. The SMILES string of the molecule is CC1CN(c2ccc3nnc(C(F)F)n3n2)C1c1ccccc1. The lowest BCUT2D eigenvalue weighted by atomic mass is 9.85. The van der Waals surface area contributed by atoms with Crippen molar-refractivity contribution in [1.29, 1.82) is 0 Å². The lowest BCUT2D eigenvalue weighted by Gasteiger charge is -2.47. The molecule has 7 heteroatoms. The standard InChI is InChI=1S/C16H15F2N5/c1-10-9-22(14(10)11-5-3-2-4-6-11)13-8-7-12-19-20-16(15(17)18)23(12)21-13/h2-8,10,14-15H,9H2,1H3. The number of alkyl halides is 2. The van der Waals surface area contributed by atoms with Crippen LogP contribution in [0.4, 0.5) is 14.6 Å². The second-order valence-electron chi connectivity index (χ2n) is 5.81. The molecule has 0 saturated carbocycles. The second-order valence-corrected chi connectivity index (χ2v) is 5.81. The molecule has 1 saturated heterocycles. The molecule has 0 amide bonds. The number of benzene rings is 1. The Morgan fingerprint density at radius 3 is 2.57 bits per heavy atom. The third-order valence-electron chi connectivity index (χ3n) is 4.26. The van der Waals surface area contributed by atoms with Crippen LogP contribution in [0.5, 0.6) is 0 Å². The summed E-state index contributed by atoms with van der Waals surface area (Å²) in [6.07, 6.45) is -2.70. The van der Waals surface area contributed by atoms with E-state index in [0.29, 0.717) is 17.4 Å². The van der Waals surface area contributed by atoms with Gasteiger partial charge in [-0.05, 0) is 23.6 Å². The zero-order valence-electron chi connectivity index (χ0n) is 12.5. The summed E-state index contributed by atoms with van der Waals surface area (Å²) in [4.78, 5) is 2.12. The van der Waals surface area contributed by atoms with E-state index < -0.39 is 12.2 Å². The van der Waals surface area contributed by atoms with Crippen molar-refractivity contribution < 1.29 is 8.78 Å². The van der Waals surface area contributed by atoms with Crippen molar-refractivity contribution in [1.82, 2.24) is 19.8 Å². The van der Waals surface area contributed by atoms with E-state index in [2.05, 4.69) is 39.3 Å². The molecule has 118 valence electrons. The molecule has 0 spiro atoms. The first-order valence-corrected chi connectivity index (χ1v) is 7.47. The van der Waals surface area contributed by atoms with Crippen LogP contribution >= 0.6 is 0 Å². The highest BCUT2D eigenvalue weighted by Crippen LogP contribution is 2.41. The van der Waals surface area contributed by atoms with Gasteiger partial charge in [0.1, 0.15) is 5.82 Å². The molecule has 0 N–H and O–H groups in total. The minimum atomic E-state index is -2.70. The van der Waals surface area contributed by atoms with Crippen molar-refractivity contribution in [2.75, 3.05) is 11.4 Å². The number of hydrogen-bond acceptors (Lipinski definition) is 4. The van der Waals surface area contributed by atoms with Crippen LogP contribution in [0.1, 0.15) is 30.8 Å². The van der Waals surface area contributed by atoms with E-state index >= 15 is 0 Å². The van der Waals surface area contributed by atoms with Gasteiger partial charge in [0.15, 0.2) is 5.65 Å². The highest BCUT2D eigenvalue weighted by atomic mass is 19.3. The Labute approximate surface area is 131 Å². The van der Waals surface area contributed by atoms with Gasteiger partial charge in [-0.1, -0.05) is 37.3 Å². The van der Waals surface area contributed by atoms with Crippen molar-refractivity contribution in [3.8, 4) is 0 Å². The molecule has 1 aliphatic heterocycles. The monoisotopic (exact) mass is 315 g/mol. The first kappa shape index (κ1) is 14.0. The Bertz CT molecular complexity index is 833. The normalized spacial score (nSPS) is 21.0. The first-order valence-electron chi connectivity index (χ1n) is 7.47. The Balaban J connectivity index is 1.73. The summed E-state index contributed by atoms with van der Waals surface area (Å²) >= 11 is 0. The number of aromatic nitrogens is 4. The second kappa shape index (κ2) is 5.26. The summed E-state index contributed by atoms with van der Waals surface area (Å²) < 4.78 is 27.1. The summed E-state index contributed by atoms with van der Waals surface area (Å²) in [7, 11) is 0. The molecule has 2 atom stereocenters. The third-order valence-corrected chi connectivity index (χ3v) is 4.26. The summed E-state index contributed by atoms with van der Waals surface area (Å²) in [5.41, 5.74) is 1.53. The molecular weight excluding hydrogens is 300 g/mol. The predicted molar refractivity (Wildman–Crippen MR) is 81.4 cm³/mol. The molecule has 3 heterocycles. The molecule has 5 nitrogen and oxygen atoms in total. The van der Waals surface area contributed by atoms with Crippen LogP contribution in [-0.2, 0) is 0 Å². The third kappa shape index (κ3) is 2.23. The van der Waals surface area contributed by atoms with E-state index in [1.165, 1.54) is 5.56 Å². The number of nitrogens with zero attached hydrogens (tertiary/aromatic N) is 5. The van der Waals surface area contributed by atoms with Crippen LogP contribution in [0.15, 0.2) is 42.5 Å². The molecule has 1 aromatic carbocycles. The molecule has 0 radical (unpaired) electrons. The average Bonchev–Trinajstić information content (AvgIpc) is 2.96. The highest BCUT2D eigenvalue weighted by molar-refractivity contribution is 5.50. The van der Waals surface area contributed by atoms with Gasteiger partial charge in [0, 0.05) is 6.54 Å². The van der Waals surface area contributed by atoms with Gasteiger partial charge in [-0.25, -0.2) is 8.78 Å². The predicted octanol–water partition coefficient (Wildman–Crippen LogP) is 3.26. The minimum absolute atomic E-state index is 0.202. The first-order chi connectivity index (χ1) is 11.1. The van der Waals surface area contributed by atoms with Crippen LogP contribution in [0.25, 0.3) is 5.65 Å². The molecule has 2 aromatic heterocycles. The number of rotatable bonds is 3. The van der Waals surface area contributed by atoms with E-state index in [-0.39, 0.29) is 6.04 Å². The quantitative estimate of drug-likeness (QED) is 0.744. The summed E-state index contributed by atoms with van der Waals surface area (Å²) in [6.45, 7) is 3.01. The van der Waals surface area contributed by atoms with E-state index in [1.54, 1.807) is 12.1 Å². The highest BCUT2D eigenvalue weighted by Gasteiger charge is 2.38. The minimum Gasteiger partial charge on any atom is -0.347 e. The van der Waals surface area contributed by atoms with Crippen LogP contribution in [0.2, 0.25) is 0 Å². The largest absolute Gasteiger partial charge is 0.347 e. The van der Waals surface area contributed by atoms with E-state index in [4.69, 9.17) is 0 Å². The van der Waals surface area contributed by atoms with Gasteiger partial charge >= 0.3 is 0 Å². The van der Waals surface area contributed by atoms with Crippen molar-refractivity contribution in [2.24, 2.45) is 5.92 Å². The number of halogens is 2. The smallest absolute Gasteiger partial charge is 0.299 e. The maximum atomic E-state index is 13.0. The van der Waals surface area contributed by atoms with Crippen molar-refractivity contribution in [3.05, 3.63) is 53.9 Å². The van der Waals surface area contributed by atoms with Gasteiger partial charge in [-0.15, -0.1) is 15.3 Å². The van der Waals surface area contributed by atoms with Crippen molar-refractivity contribution in [2.45, 2.75) is 19.4 Å². The van der Waals surface area contributed by atoms with E-state index in [0.717, 1.165) is 11.1 Å². The molecule has 1 fully saturated rings. The Kier molecular flexibility index (Phi) is 3.21. The van der Waals surface area contributed by atoms with Crippen molar-refractivity contribution in [3.63, 3.8) is 0 Å². The topological polar surface area (TPSA) is 46.3 Å². The Morgan fingerprint density at radius 2 is 1.87 bits per heavy atom.